The first-order valence-corrected chi connectivity index (χ1v) is 11.2. The average molecular weight is 459 g/mol. The van der Waals surface area contributed by atoms with Crippen LogP contribution in [0, 0.1) is 5.82 Å². The van der Waals surface area contributed by atoms with Crippen LogP contribution in [-0.2, 0) is 9.53 Å². The minimum Gasteiger partial charge on any atom is -0.378 e. The average Bonchev–Trinajstić information content (AvgIpc) is 3.47. The quantitative estimate of drug-likeness (QED) is 0.453. The summed E-state index contributed by atoms with van der Waals surface area (Å²) in [5, 5.41) is 2.42. The van der Waals surface area contributed by atoms with Crippen molar-refractivity contribution in [3.05, 3.63) is 64.2 Å². The summed E-state index contributed by atoms with van der Waals surface area (Å²) in [4.78, 5) is 32.5. The first-order valence-electron chi connectivity index (χ1n) is 9.51. The number of benzene rings is 1. The Morgan fingerprint density at radius 3 is 2.65 bits per heavy atom. The van der Waals surface area contributed by atoms with E-state index >= 15 is 0 Å². The van der Waals surface area contributed by atoms with E-state index in [0.717, 1.165) is 33.5 Å². The molecule has 2 amide bonds. The van der Waals surface area contributed by atoms with Gasteiger partial charge in [0.25, 0.3) is 11.8 Å². The van der Waals surface area contributed by atoms with Gasteiger partial charge in [-0.3, -0.25) is 20.4 Å². The fourth-order valence-corrected chi connectivity index (χ4v) is 4.64. The van der Waals surface area contributed by atoms with Crippen molar-refractivity contribution in [2.45, 2.75) is 0 Å². The van der Waals surface area contributed by atoms with Crippen LogP contribution in [0.25, 0.3) is 16.5 Å². The number of nitrogens with one attached hydrogen (secondary N) is 2. The summed E-state index contributed by atoms with van der Waals surface area (Å²) >= 11 is 2.85. The molecule has 1 saturated heterocycles. The highest BCUT2D eigenvalue weighted by atomic mass is 32.1. The number of thiazole rings is 1. The number of anilines is 1. The Bertz CT molecular complexity index is 1090. The third kappa shape index (κ3) is 5.54. The zero-order chi connectivity index (χ0) is 21.6. The second kappa shape index (κ2) is 9.82. The van der Waals surface area contributed by atoms with Gasteiger partial charge in [0, 0.05) is 34.3 Å². The van der Waals surface area contributed by atoms with Gasteiger partial charge in [0.1, 0.15) is 11.5 Å². The first-order chi connectivity index (χ1) is 15.1. The van der Waals surface area contributed by atoms with Crippen molar-refractivity contribution in [2.75, 3.05) is 31.2 Å². The SMILES string of the molecule is O=C(/C=C/c1ccc(-c2ccc(F)cc2)s1)NNC(=O)c1csc(N2CCOCC2)n1. The van der Waals surface area contributed by atoms with Crippen molar-refractivity contribution in [2.24, 2.45) is 0 Å². The van der Waals surface area contributed by atoms with Crippen LogP contribution in [0.2, 0.25) is 0 Å². The number of carbonyl (C=O) groups excluding carboxylic acids is 2. The molecule has 2 N–H and O–H groups in total. The summed E-state index contributed by atoms with van der Waals surface area (Å²) < 4.78 is 18.4. The smallest absolute Gasteiger partial charge is 0.289 e. The van der Waals surface area contributed by atoms with Crippen molar-refractivity contribution in [3.8, 4) is 10.4 Å². The lowest BCUT2D eigenvalue weighted by molar-refractivity contribution is -0.117. The molecule has 0 atom stereocenters. The molecule has 0 unspecified atom stereocenters. The van der Waals surface area contributed by atoms with Crippen LogP contribution in [-0.4, -0.2) is 43.1 Å². The maximum Gasteiger partial charge on any atom is 0.289 e. The molecule has 0 saturated carbocycles. The highest BCUT2D eigenvalue weighted by molar-refractivity contribution is 7.16. The Morgan fingerprint density at radius 2 is 1.87 bits per heavy atom. The standard InChI is InChI=1S/C21H19FN4O3S2/c22-15-3-1-14(2-4-15)18-7-5-16(31-18)6-8-19(27)24-25-20(28)17-13-30-21(23-17)26-9-11-29-12-10-26/h1-8,13H,9-12H2,(H,24,27)(H,25,28)/b8-6+. The van der Waals surface area contributed by atoms with E-state index in [1.54, 1.807) is 23.6 Å². The molecular formula is C21H19FN4O3S2. The third-order valence-corrected chi connectivity index (χ3v) is 6.46. The van der Waals surface area contributed by atoms with Crippen molar-refractivity contribution < 1.29 is 18.7 Å². The number of thiophene rings is 1. The predicted molar refractivity (Wildman–Crippen MR) is 120 cm³/mol. The normalized spacial score (nSPS) is 14.0. The van der Waals surface area contributed by atoms with E-state index in [2.05, 4.69) is 20.7 Å². The minimum absolute atomic E-state index is 0.248. The Morgan fingerprint density at radius 1 is 1.10 bits per heavy atom. The van der Waals surface area contributed by atoms with Crippen LogP contribution >= 0.6 is 22.7 Å². The zero-order valence-corrected chi connectivity index (χ0v) is 18.0. The maximum atomic E-state index is 13.0. The summed E-state index contributed by atoms with van der Waals surface area (Å²) in [6.45, 7) is 2.75. The molecular weight excluding hydrogens is 439 g/mol. The molecule has 0 aliphatic carbocycles. The number of carbonyl (C=O) groups is 2. The van der Waals surface area contributed by atoms with Crippen LogP contribution in [0.4, 0.5) is 9.52 Å². The van der Waals surface area contributed by atoms with E-state index in [-0.39, 0.29) is 11.5 Å². The maximum absolute atomic E-state index is 13.0. The molecule has 3 heterocycles. The fourth-order valence-electron chi connectivity index (χ4n) is 2.86. The monoisotopic (exact) mass is 458 g/mol. The number of amides is 2. The van der Waals surface area contributed by atoms with E-state index in [9.17, 15) is 14.0 Å². The number of nitrogens with zero attached hydrogens (tertiary/aromatic N) is 2. The molecule has 1 fully saturated rings. The lowest BCUT2D eigenvalue weighted by Crippen LogP contribution is -2.41. The molecule has 4 rings (SSSR count). The number of hydrogen-bond donors (Lipinski definition) is 2. The van der Waals surface area contributed by atoms with E-state index in [1.165, 1.54) is 40.9 Å². The number of rotatable bonds is 5. The van der Waals surface area contributed by atoms with Crippen LogP contribution in [0.15, 0.2) is 47.9 Å². The van der Waals surface area contributed by atoms with Crippen LogP contribution in [0.3, 0.4) is 0 Å². The molecule has 10 heteroatoms. The van der Waals surface area contributed by atoms with Crippen LogP contribution < -0.4 is 15.8 Å². The Kier molecular flexibility index (Phi) is 6.70. The summed E-state index contributed by atoms with van der Waals surface area (Å²) in [5.74, 6) is -1.23. The minimum atomic E-state index is -0.479. The van der Waals surface area contributed by atoms with E-state index in [4.69, 9.17) is 4.74 Å². The van der Waals surface area contributed by atoms with Crippen LogP contribution in [0.1, 0.15) is 15.4 Å². The molecule has 31 heavy (non-hydrogen) atoms. The predicted octanol–water partition coefficient (Wildman–Crippen LogP) is 3.32. The van der Waals surface area contributed by atoms with Gasteiger partial charge in [-0.25, -0.2) is 9.37 Å². The number of halogens is 1. The van der Waals surface area contributed by atoms with Crippen LogP contribution in [0.5, 0.6) is 0 Å². The number of ether oxygens (including phenoxy) is 1. The van der Waals surface area contributed by atoms with Gasteiger partial charge in [0.2, 0.25) is 0 Å². The van der Waals surface area contributed by atoms with Gasteiger partial charge in [-0.15, -0.1) is 22.7 Å². The van der Waals surface area contributed by atoms with Crippen molar-refractivity contribution in [3.63, 3.8) is 0 Å². The Labute approximate surface area is 186 Å². The summed E-state index contributed by atoms with van der Waals surface area (Å²) in [5.41, 5.74) is 5.87. The number of morpholine rings is 1. The Balaban J connectivity index is 1.28. The highest BCUT2D eigenvalue weighted by Crippen LogP contribution is 2.29. The number of hydrogen-bond acceptors (Lipinski definition) is 7. The zero-order valence-electron chi connectivity index (χ0n) is 16.3. The second-order valence-corrected chi connectivity index (χ2v) is 8.55. The van der Waals surface area contributed by atoms with E-state index < -0.39 is 11.8 Å². The molecule has 1 aliphatic rings. The summed E-state index contributed by atoms with van der Waals surface area (Å²) in [7, 11) is 0. The molecule has 1 aliphatic heterocycles. The molecule has 1 aromatic carbocycles. The van der Waals surface area contributed by atoms with Gasteiger partial charge in [-0.1, -0.05) is 12.1 Å². The van der Waals surface area contributed by atoms with E-state index in [0.29, 0.717) is 13.2 Å². The largest absolute Gasteiger partial charge is 0.378 e. The van der Waals surface area contributed by atoms with Gasteiger partial charge < -0.3 is 9.64 Å². The molecule has 0 bridgehead atoms. The van der Waals surface area contributed by atoms with E-state index in [1.807, 2.05) is 12.1 Å². The number of aromatic nitrogens is 1. The molecule has 7 nitrogen and oxygen atoms in total. The van der Waals surface area contributed by atoms with Gasteiger partial charge in [-0.05, 0) is 35.9 Å². The van der Waals surface area contributed by atoms with Gasteiger partial charge >= 0.3 is 0 Å². The molecule has 160 valence electrons. The lowest BCUT2D eigenvalue weighted by atomic mass is 10.2. The van der Waals surface area contributed by atoms with Gasteiger partial charge in [-0.2, -0.15) is 0 Å². The molecule has 0 radical (unpaired) electrons. The fraction of sp³-hybridized carbons (Fsp3) is 0.190. The summed E-state index contributed by atoms with van der Waals surface area (Å²) in [6.07, 6.45) is 2.99. The highest BCUT2D eigenvalue weighted by Gasteiger charge is 2.17. The topological polar surface area (TPSA) is 83.6 Å². The van der Waals surface area contributed by atoms with Gasteiger partial charge in [0.05, 0.1) is 13.2 Å². The van der Waals surface area contributed by atoms with Gasteiger partial charge in [0.15, 0.2) is 5.13 Å². The molecule has 0 spiro atoms. The van der Waals surface area contributed by atoms with Crippen molar-refractivity contribution in [1.29, 1.82) is 0 Å². The lowest BCUT2D eigenvalue weighted by Gasteiger charge is -2.25. The first kappa shape index (κ1) is 21.2. The Hall–Kier alpha value is -3.08. The van der Waals surface area contributed by atoms with Crippen molar-refractivity contribution >= 4 is 45.7 Å². The number of hydrazine groups is 1. The third-order valence-electron chi connectivity index (χ3n) is 4.46. The second-order valence-electron chi connectivity index (χ2n) is 6.60. The molecule has 3 aromatic rings. The summed E-state index contributed by atoms with van der Waals surface area (Å²) in [6, 6.07) is 10.0. The molecule has 2 aromatic heterocycles. The van der Waals surface area contributed by atoms with Crippen molar-refractivity contribution in [1.82, 2.24) is 15.8 Å².